The van der Waals surface area contributed by atoms with Crippen molar-refractivity contribution in [2.24, 2.45) is 0 Å². The Morgan fingerprint density at radius 2 is 1.81 bits per heavy atom. The highest BCUT2D eigenvalue weighted by Gasteiger charge is 2.12. The summed E-state index contributed by atoms with van der Waals surface area (Å²) >= 11 is 0. The Kier molecular flexibility index (Phi) is 8.07. The van der Waals surface area contributed by atoms with E-state index in [1.165, 1.54) is 0 Å². The van der Waals surface area contributed by atoms with Crippen molar-refractivity contribution in [1.82, 2.24) is 10.2 Å². The molecule has 2 aromatic rings. The summed E-state index contributed by atoms with van der Waals surface area (Å²) in [6.07, 6.45) is -0.202. The second kappa shape index (κ2) is 10.5. The zero-order chi connectivity index (χ0) is 19.6. The summed E-state index contributed by atoms with van der Waals surface area (Å²) in [5.74, 6) is -0.505. The van der Waals surface area contributed by atoms with E-state index in [0.717, 1.165) is 41.7 Å². The largest absolute Gasteiger partial charge is 0.492 e. The maximum atomic E-state index is 11.9. The van der Waals surface area contributed by atoms with Gasteiger partial charge in [0.05, 0.1) is 6.42 Å². The quantitative estimate of drug-likeness (QED) is 0.634. The molecule has 2 N–H and O–H groups in total. The van der Waals surface area contributed by atoms with Gasteiger partial charge < -0.3 is 20.1 Å². The number of hydrogen-bond donors (Lipinski definition) is 2. The Hall–Kier alpha value is -2.60. The number of hydrogen-bond acceptors (Lipinski definition) is 4. The van der Waals surface area contributed by atoms with Crippen molar-refractivity contribution < 1.29 is 19.4 Å². The lowest BCUT2D eigenvalue weighted by atomic mass is 10.0. The number of fused-ring (bicyclic) bond motifs is 1. The van der Waals surface area contributed by atoms with Crippen molar-refractivity contribution in [3.8, 4) is 5.75 Å². The van der Waals surface area contributed by atoms with Gasteiger partial charge >= 0.3 is 5.97 Å². The monoisotopic (exact) mass is 372 g/mol. The highest BCUT2D eigenvalue weighted by Crippen LogP contribution is 2.28. The lowest BCUT2D eigenvalue weighted by molar-refractivity contribution is -0.138. The van der Waals surface area contributed by atoms with E-state index in [2.05, 4.69) is 24.1 Å². The van der Waals surface area contributed by atoms with Gasteiger partial charge in [-0.05, 0) is 29.9 Å². The van der Waals surface area contributed by atoms with E-state index in [1.807, 2.05) is 36.4 Å². The molecule has 6 heteroatoms. The van der Waals surface area contributed by atoms with Crippen molar-refractivity contribution in [3.05, 3.63) is 42.0 Å². The zero-order valence-electron chi connectivity index (χ0n) is 16.0. The molecule has 6 nitrogen and oxygen atoms in total. The Labute approximate surface area is 160 Å². The van der Waals surface area contributed by atoms with Crippen LogP contribution in [0.4, 0.5) is 0 Å². The zero-order valence-corrected chi connectivity index (χ0v) is 16.0. The first kappa shape index (κ1) is 20.7. The summed E-state index contributed by atoms with van der Waals surface area (Å²) in [7, 11) is 0. The van der Waals surface area contributed by atoms with Crippen LogP contribution < -0.4 is 10.1 Å². The molecule has 0 saturated carbocycles. The van der Waals surface area contributed by atoms with Gasteiger partial charge in [0.25, 0.3) is 0 Å². The number of carbonyl (C=O) groups is 2. The van der Waals surface area contributed by atoms with Crippen molar-refractivity contribution in [2.45, 2.75) is 33.2 Å². The fraction of sp³-hybridized carbons (Fsp3) is 0.429. The van der Waals surface area contributed by atoms with Gasteiger partial charge in [0.15, 0.2) is 0 Å². The van der Waals surface area contributed by atoms with E-state index in [1.54, 1.807) is 0 Å². The molecular formula is C21H28N2O4. The maximum Gasteiger partial charge on any atom is 0.303 e. The Balaban J connectivity index is 2.12. The van der Waals surface area contributed by atoms with Crippen molar-refractivity contribution in [2.75, 3.05) is 26.2 Å². The summed E-state index contributed by atoms with van der Waals surface area (Å²) in [5, 5.41) is 13.6. The van der Waals surface area contributed by atoms with Crippen LogP contribution in [-0.4, -0.2) is 48.1 Å². The molecule has 0 fully saturated rings. The summed E-state index contributed by atoms with van der Waals surface area (Å²) in [6, 6.07) is 11.9. The number of nitrogens with zero attached hydrogens (tertiary/aromatic N) is 1. The second-order valence-corrected chi connectivity index (χ2v) is 6.31. The number of carboxylic acid groups (broad SMARTS) is 1. The van der Waals surface area contributed by atoms with E-state index >= 15 is 0 Å². The van der Waals surface area contributed by atoms with Crippen LogP contribution in [-0.2, 0) is 16.1 Å². The molecule has 1 amide bonds. The summed E-state index contributed by atoms with van der Waals surface area (Å²) in [6.45, 7) is 7.91. The van der Waals surface area contributed by atoms with Crippen LogP contribution >= 0.6 is 0 Å². The summed E-state index contributed by atoms with van der Waals surface area (Å²) in [4.78, 5) is 24.8. The Morgan fingerprint density at radius 3 is 2.52 bits per heavy atom. The third kappa shape index (κ3) is 6.25. The van der Waals surface area contributed by atoms with Gasteiger partial charge in [-0.25, -0.2) is 0 Å². The van der Waals surface area contributed by atoms with Crippen LogP contribution in [0.3, 0.4) is 0 Å². The molecule has 146 valence electrons. The van der Waals surface area contributed by atoms with Gasteiger partial charge in [-0.1, -0.05) is 44.2 Å². The standard InChI is InChI=1S/C21H28N2O4/c1-3-23(4-2)13-14-27-19-10-9-16-7-5-6-8-17(16)18(19)15-22-20(24)11-12-21(25)26/h5-10H,3-4,11-15H2,1-2H3,(H,22,24)(H,25,26). The number of rotatable bonds is 11. The minimum Gasteiger partial charge on any atom is -0.492 e. The van der Waals surface area contributed by atoms with Crippen molar-refractivity contribution >= 4 is 22.6 Å². The third-order valence-electron chi connectivity index (χ3n) is 4.59. The molecule has 0 aliphatic rings. The van der Waals surface area contributed by atoms with E-state index in [-0.39, 0.29) is 18.7 Å². The number of carbonyl (C=O) groups excluding carboxylic acids is 1. The number of likely N-dealkylation sites (N-methyl/N-ethyl adjacent to an activating group) is 1. The smallest absolute Gasteiger partial charge is 0.303 e. The molecule has 0 bridgehead atoms. The molecule has 0 aromatic heterocycles. The van der Waals surface area contributed by atoms with E-state index in [4.69, 9.17) is 9.84 Å². The predicted octanol–water partition coefficient (Wildman–Crippen LogP) is 3.04. The van der Waals surface area contributed by atoms with Crippen LogP contribution in [0.1, 0.15) is 32.3 Å². The van der Waals surface area contributed by atoms with Gasteiger partial charge in [0.1, 0.15) is 12.4 Å². The lowest BCUT2D eigenvalue weighted by Gasteiger charge is -2.20. The predicted molar refractivity (Wildman–Crippen MR) is 106 cm³/mol. The Bertz CT molecular complexity index is 772. The molecule has 0 spiro atoms. The van der Waals surface area contributed by atoms with Crippen LogP contribution in [0.5, 0.6) is 5.75 Å². The topological polar surface area (TPSA) is 78.9 Å². The molecule has 0 aliphatic carbocycles. The number of aliphatic carboxylic acids is 1. The van der Waals surface area contributed by atoms with Crippen LogP contribution in [0.15, 0.2) is 36.4 Å². The lowest BCUT2D eigenvalue weighted by Crippen LogP contribution is -2.28. The fourth-order valence-corrected chi connectivity index (χ4v) is 2.95. The first-order valence-electron chi connectivity index (χ1n) is 9.39. The number of nitrogens with one attached hydrogen (secondary N) is 1. The molecule has 0 atom stereocenters. The van der Waals surface area contributed by atoms with E-state index in [9.17, 15) is 9.59 Å². The SMILES string of the molecule is CCN(CC)CCOc1ccc2ccccc2c1CNC(=O)CCC(=O)O. The van der Waals surface area contributed by atoms with Crippen molar-refractivity contribution in [1.29, 1.82) is 0 Å². The van der Waals surface area contributed by atoms with Gasteiger partial charge in [-0.3, -0.25) is 9.59 Å². The van der Waals surface area contributed by atoms with Crippen LogP contribution in [0, 0.1) is 0 Å². The fourth-order valence-electron chi connectivity index (χ4n) is 2.95. The highest BCUT2D eigenvalue weighted by molar-refractivity contribution is 5.88. The summed E-state index contributed by atoms with van der Waals surface area (Å²) < 4.78 is 6.02. The van der Waals surface area contributed by atoms with E-state index in [0.29, 0.717) is 13.2 Å². The van der Waals surface area contributed by atoms with Gasteiger partial charge in [0.2, 0.25) is 5.91 Å². The highest BCUT2D eigenvalue weighted by atomic mass is 16.5. The van der Waals surface area contributed by atoms with Gasteiger partial charge in [0, 0.05) is 25.1 Å². The molecule has 0 unspecified atom stereocenters. The molecule has 2 rings (SSSR count). The first-order valence-corrected chi connectivity index (χ1v) is 9.39. The van der Waals surface area contributed by atoms with Gasteiger partial charge in [-0.15, -0.1) is 0 Å². The number of carboxylic acids is 1. The van der Waals surface area contributed by atoms with E-state index < -0.39 is 5.97 Å². The molecule has 0 heterocycles. The number of ether oxygens (including phenoxy) is 1. The third-order valence-corrected chi connectivity index (χ3v) is 4.59. The number of benzene rings is 2. The molecule has 0 aliphatic heterocycles. The van der Waals surface area contributed by atoms with Crippen LogP contribution in [0.25, 0.3) is 10.8 Å². The Morgan fingerprint density at radius 1 is 1.07 bits per heavy atom. The van der Waals surface area contributed by atoms with Gasteiger partial charge in [-0.2, -0.15) is 0 Å². The van der Waals surface area contributed by atoms with Crippen molar-refractivity contribution in [3.63, 3.8) is 0 Å². The second-order valence-electron chi connectivity index (χ2n) is 6.31. The minimum absolute atomic E-state index is 0.0295. The molecule has 2 aromatic carbocycles. The van der Waals surface area contributed by atoms with Crippen LogP contribution in [0.2, 0.25) is 0 Å². The molecule has 27 heavy (non-hydrogen) atoms. The average Bonchev–Trinajstić information content (AvgIpc) is 2.68. The molecule has 0 saturated heterocycles. The normalized spacial score (nSPS) is 10.9. The molecular weight excluding hydrogens is 344 g/mol. The molecule has 0 radical (unpaired) electrons. The average molecular weight is 372 g/mol. The minimum atomic E-state index is -0.976. The maximum absolute atomic E-state index is 11.9. The summed E-state index contributed by atoms with van der Waals surface area (Å²) in [5.41, 5.74) is 0.913. The number of amides is 1. The first-order chi connectivity index (χ1) is 13.0.